The zero-order chi connectivity index (χ0) is 15.8. The van der Waals surface area contributed by atoms with Gasteiger partial charge in [0.1, 0.15) is 0 Å². The van der Waals surface area contributed by atoms with E-state index in [1.165, 1.54) is 43.4 Å². The molecule has 0 unspecified atom stereocenters. The summed E-state index contributed by atoms with van der Waals surface area (Å²) in [6.07, 6.45) is 5.39. The van der Waals surface area contributed by atoms with Gasteiger partial charge in [0, 0.05) is 32.8 Å². The number of benzene rings is 1. The van der Waals surface area contributed by atoms with Crippen LogP contribution in [0, 0.1) is 6.92 Å². The second kappa shape index (κ2) is 9.29. The zero-order valence-corrected chi connectivity index (χ0v) is 14.6. The molecule has 0 bridgehead atoms. The Balaban J connectivity index is 1.89. The van der Waals surface area contributed by atoms with E-state index in [-0.39, 0.29) is 0 Å². The summed E-state index contributed by atoms with van der Waals surface area (Å²) in [4.78, 5) is 5.10. The third-order valence-corrected chi connectivity index (χ3v) is 4.97. The van der Waals surface area contributed by atoms with Gasteiger partial charge in [-0.15, -0.1) is 0 Å². The Morgan fingerprint density at radius 2 is 2.05 bits per heavy atom. The van der Waals surface area contributed by atoms with Gasteiger partial charge in [0.25, 0.3) is 0 Å². The molecule has 0 N–H and O–H groups in total. The SMILES string of the molecule is COCCN(CC[C@@H]1CCCCN1C)Cc1ccccc1C. The third-order valence-electron chi connectivity index (χ3n) is 4.97. The average Bonchev–Trinajstić information content (AvgIpc) is 2.53. The van der Waals surface area contributed by atoms with Gasteiger partial charge in [-0.2, -0.15) is 0 Å². The second-order valence-corrected chi connectivity index (χ2v) is 6.61. The fourth-order valence-electron chi connectivity index (χ4n) is 3.36. The van der Waals surface area contributed by atoms with Crippen LogP contribution in [0.3, 0.4) is 0 Å². The second-order valence-electron chi connectivity index (χ2n) is 6.61. The van der Waals surface area contributed by atoms with E-state index in [2.05, 4.69) is 48.0 Å². The van der Waals surface area contributed by atoms with Gasteiger partial charge in [-0.05, 0) is 50.9 Å². The van der Waals surface area contributed by atoms with E-state index in [9.17, 15) is 0 Å². The summed E-state index contributed by atoms with van der Waals surface area (Å²) in [5.74, 6) is 0. The van der Waals surface area contributed by atoms with E-state index in [4.69, 9.17) is 4.74 Å². The first-order valence-electron chi connectivity index (χ1n) is 8.66. The molecule has 1 aliphatic heterocycles. The lowest BCUT2D eigenvalue weighted by molar-refractivity contribution is 0.121. The minimum absolute atomic E-state index is 0.760. The van der Waals surface area contributed by atoms with Crippen molar-refractivity contribution in [3.05, 3.63) is 35.4 Å². The van der Waals surface area contributed by atoms with Gasteiger partial charge in [0.2, 0.25) is 0 Å². The van der Waals surface area contributed by atoms with Crippen LogP contribution in [-0.2, 0) is 11.3 Å². The minimum Gasteiger partial charge on any atom is -0.383 e. The fraction of sp³-hybridized carbons (Fsp3) is 0.684. The summed E-state index contributed by atoms with van der Waals surface area (Å²) in [5.41, 5.74) is 2.83. The fourth-order valence-corrected chi connectivity index (χ4v) is 3.36. The van der Waals surface area contributed by atoms with Crippen molar-refractivity contribution >= 4 is 0 Å². The molecule has 0 amide bonds. The Morgan fingerprint density at radius 3 is 2.77 bits per heavy atom. The normalized spacial score (nSPS) is 19.7. The molecule has 0 spiro atoms. The maximum atomic E-state index is 5.30. The summed E-state index contributed by atoms with van der Waals surface area (Å²) in [6.45, 7) is 7.49. The molecule has 0 radical (unpaired) electrons. The van der Waals surface area contributed by atoms with E-state index in [0.29, 0.717) is 0 Å². The molecule has 0 aliphatic carbocycles. The van der Waals surface area contributed by atoms with Gasteiger partial charge in [-0.25, -0.2) is 0 Å². The van der Waals surface area contributed by atoms with Crippen LogP contribution in [0.15, 0.2) is 24.3 Å². The molecule has 2 rings (SSSR count). The summed E-state index contributed by atoms with van der Waals surface area (Å²) in [5, 5.41) is 0. The van der Waals surface area contributed by atoms with Crippen LogP contribution >= 0.6 is 0 Å². The highest BCUT2D eigenvalue weighted by atomic mass is 16.5. The summed E-state index contributed by atoms with van der Waals surface area (Å²) >= 11 is 0. The van der Waals surface area contributed by atoms with E-state index < -0.39 is 0 Å². The molecule has 1 fully saturated rings. The van der Waals surface area contributed by atoms with Gasteiger partial charge < -0.3 is 9.64 Å². The highest BCUT2D eigenvalue weighted by molar-refractivity contribution is 5.25. The van der Waals surface area contributed by atoms with Gasteiger partial charge in [-0.3, -0.25) is 4.90 Å². The molecule has 1 atom stereocenters. The van der Waals surface area contributed by atoms with Crippen LogP contribution in [0.25, 0.3) is 0 Å². The summed E-state index contributed by atoms with van der Waals surface area (Å²) in [6, 6.07) is 9.48. The van der Waals surface area contributed by atoms with Crippen LogP contribution in [0.4, 0.5) is 0 Å². The number of ether oxygens (including phenoxy) is 1. The van der Waals surface area contributed by atoms with Crippen LogP contribution in [-0.4, -0.2) is 56.2 Å². The van der Waals surface area contributed by atoms with Crippen molar-refractivity contribution in [2.45, 2.75) is 45.2 Å². The molecule has 22 heavy (non-hydrogen) atoms. The van der Waals surface area contributed by atoms with Crippen molar-refractivity contribution in [1.82, 2.24) is 9.80 Å². The van der Waals surface area contributed by atoms with E-state index in [0.717, 1.165) is 32.3 Å². The Labute approximate surface area is 136 Å². The lowest BCUT2D eigenvalue weighted by atomic mass is 9.99. The van der Waals surface area contributed by atoms with Crippen molar-refractivity contribution in [2.24, 2.45) is 0 Å². The molecule has 0 saturated carbocycles. The Hall–Kier alpha value is -0.900. The summed E-state index contributed by atoms with van der Waals surface area (Å²) < 4.78 is 5.30. The first kappa shape index (κ1) is 17.5. The minimum atomic E-state index is 0.760. The van der Waals surface area contributed by atoms with Crippen molar-refractivity contribution < 1.29 is 4.74 Å². The van der Waals surface area contributed by atoms with Gasteiger partial charge in [0.05, 0.1) is 6.61 Å². The first-order valence-corrected chi connectivity index (χ1v) is 8.66. The predicted octanol–water partition coefficient (Wildman–Crippen LogP) is 3.32. The number of nitrogens with zero attached hydrogens (tertiary/aromatic N) is 2. The first-order chi connectivity index (χ1) is 10.7. The number of rotatable bonds is 8. The molecule has 124 valence electrons. The lowest BCUT2D eigenvalue weighted by Crippen LogP contribution is -2.39. The predicted molar refractivity (Wildman–Crippen MR) is 93.2 cm³/mol. The number of methoxy groups -OCH3 is 1. The van der Waals surface area contributed by atoms with Crippen molar-refractivity contribution in [3.8, 4) is 0 Å². The molecular formula is C19H32N2O. The largest absolute Gasteiger partial charge is 0.383 e. The van der Waals surface area contributed by atoms with Crippen molar-refractivity contribution in [3.63, 3.8) is 0 Å². The standard InChI is InChI=1S/C19H32N2O/c1-17-8-4-5-9-18(17)16-21(14-15-22-3)13-11-19-10-6-7-12-20(19)2/h4-5,8-9,19H,6-7,10-16H2,1-3H3/t19-/m0/s1. The highest BCUT2D eigenvalue weighted by Gasteiger charge is 2.19. The topological polar surface area (TPSA) is 15.7 Å². The Morgan fingerprint density at radius 1 is 1.23 bits per heavy atom. The number of piperidine rings is 1. The number of aryl methyl sites for hydroxylation is 1. The number of hydrogen-bond donors (Lipinski definition) is 0. The van der Waals surface area contributed by atoms with Crippen LogP contribution < -0.4 is 0 Å². The summed E-state index contributed by atoms with van der Waals surface area (Å²) in [7, 11) is 4.07. The molecule has 0 aromatic heterocycles. The average molecular weight is 304 g/mol. The van der Waals surface area contributed by atoms with E-state index in [1.807, 2.05) is 0 Å². The molecule has 3 heteroatoms. The smallest absolute Gasteiger partial charge is 0.0589 e. The van der Waals surface area contributed by atoms with Gasteiger partial charge >= 0.3 is 0 Å². The van der Waals surface area contributed by atoms with Crippen molar-refractivity contribution in [1.29, 1.82) is 0 Å². The molecule has 1 aromatic rings. The molecule has 1 aromatic carbocycles. The maximum absolute atomic E-state index is 5.30. The van der Waals surface area contributed by atoms with Gasteiger partial charge in [0.15, 0.2) is 0 Å². The van der Waals surface area contributed by atoms with Crippen LogP contribution in [0.5, 0.6) is 0 Å². The quantitative estimate of drug-likeness (QED) is 0.733. The zero-order valence-electron chi connectivity index (χ0n) is 14.6. The molecule has 1 aliphatic rings. The molecule has 1 heterocycles. The molecule has 1 saturated heterocycles. The monoisotopic (exact) mass is 304 g/mol. The van der Waals surface area contributed by atoms with Crippen LogP contribution in [0.2, 0.25) is 0 Å². The lowest BCUT2D eigenvalue weighted by Gasteiger charge is -2.34. The van der Waals surface area contributed by atoms with Crippen molar-refractivity contribution in [2.75, 3.05) is 40.4 Å². The van der Waals surface area contributed by atoms with E-state index in [1.54, 1.807) is 7.11 Å². The highest BCUT2D eigenvalue weighted by Crippen LogP contribution is 2.19. The van der Waals surface area contributed by atoms with E-state index >= 15 is 0 Å². The molecular weight excluding hydrogens is 272 g/mol. The number of hydrogen-bond acceptors (Lipinski definition) is 3. The third kappa shape index (κ3) is 5.38. The van der Waals surface area contributed by atoms with Gasteiger partial charge in [-0.1, -0.05) is 30.7 Å². The Bertz CT molecular complexity index is 435. The molecule has 3 nitrogen and oxygen atoms in total. The van der Waals surface area contributed by atoms with Crippen LogP contribution in [0.1, 0.15) is 36.8 Å². The maximum Gasteiger partial charge on any atom is 0.0589 e. The number of likely N-dealkylation sites (tertiary alicyclic amines) is 1. The Kier molecular flexibility index (Phi) is 7.37.